The highest BCUT2D eigenvalue weighted by Gasteiger charge is 2.51. The second-order valence-corrected chi connectivity index (χ2v) is 4.75. The van der Waals surface area contributed by atoms with Gasteiger partial charge < -0.3 is 14.9 Å². The van der Waals surface area contributed by atoms with Gasteiger partial charge in [0.1, 0.15) is 17.6 Å². The van der Waals surface area contributed by atoms with Crippen molar-refractivity contribution in [2.45, 2.75) is 51.7 Å². The Morgan fingerprint density at radius 1 is 1.57 bits per heavy atom. The molecule has 14 heavy (non-hydrogen) atoms. The minimum absolute atomic E-state index is 0.159. The van der Waals surface area contributed by atoms with Crippen molar-refractivity contribution in [3.8, 4) is 0 Å². The van der Waals surface area contributed by atoms with Gasteiger partial charge >= 0.3 is 6.09 Å². The maximum atomic E-state index is 11.5. The number of hydrogen-bond donors (Lipinski definition) is 2. The summed E-state index contributed by atoms with van der Waals surface area (Å²) in [5.41, 5.74) is -1.91. The zero-order chi connectivity index (χ0) is 11.1. The summed E-state index contributed by atoms with van der Waals surface area (Å²) in [6, 6.07) is 0. The monoisotopic (exact) mass is 203 g/mol. The Kier molecular flexibility index (Phi) is 2.49. The molecule has 1 saturated heterocycles. The lowest BCUT2D eigenvalue weighted by molar-refractivity contribution is -0.248. The Bertz CT molecular complexity index is 244. The first-order valence-corrected chi connectivity index (χ1v) is 4.56. The lowest BCUT2D eigenvalue weighted by atomic mass is 9.99. The fraction of sp³-hybridized carbons (Fsp3) is 0.889. The van der Waals surface area contributed by atoms with Crippen molar-refractivity contribution in [2.75, 3.05) is 0 Å². The normalized spacial score (nSPS) is 32.4. The van der Waals surface area contributed by atoms with Gasteiger partial charge in [0.15, 0.2) is 0 Å². The topological polar surface area (TPSA) is 70.0 Å². The highest BCUT2D eigenvalue weighted by atomic mass is 16.6. The molecule has 0 radical (unpaired) electrons. The standard InChI is InChI=1S/C9H17NO4/c1-8(2,3)14-7(12)10-6(11)5-9(10,4)13/h6,11,13H,5H2,1-4H3. The lowest BCUT2D eigenvalue weighted by Gasteiger charge is -2.49. The van der Waals surface area contributed by atoms with Crippen LogP contribution in [0.1, 0.15) is 34.1 Å². The number of carbonyl (C=O) groups excluding carboxylic acids is 1. The Hall–Kier alpha value is -0.810. The molecule has 5 heteroatoms. The summed E-state index contributed by atoms with van der Waals surface area (Å²) < 4.78 is 5.01. The number of likely N-dealkylation sites (tertiary alicyclic amines) is 1. The minimum atomic E-state index is -1.29. The second kappa shape index (κ2) is 3.10. The molecule has 0 saturated carbocycles. The molecule has 5 nitrogen and oxygen atoms in total. The summed E-state index contributed by atoms with van der Waals surface area (Å²) in [6.45, 7) is 6.65. The molecule has 1 fully saturated rings. The maximum Gasteiger partial charge on any atom is 0.414 e. The van der Waals surface area contributed by atoms with Crippen molar-refractivity contribution in [2.24, 2.45) is 0 Å². The van der Waals surface area contributed by atoms with E-state index in [1.54, 1.807) is 20.8 Å². The number of amides is 1. The van der Waals surface area contributed by atoms with Gasteiger partial charge in [-0.15, -0.1) is 0 Å². The highest BCUT2D eigenvalue weighted by Crippen LogP contribution is 2.33. The first kappa shape index (κ1) is 11.3. The first-order valence-electron chi connectivity index (χ1n) is 4.56. The van der Waals surface area contributed by atoms with E-state index in [0.29, 0.717) is 0 Å². The smallest absolute Gasteiger partial charge is 0.414 e. The molecule has 1 heterocycles. The van der Waals surface area contributed by atoms with Gasteiger partial charge in [-0.3, -0.25) is 4.90 Å². The molecule has 2 unspecified atom stereocenters. The van der Waals surface area contributed by atoms with Crippen LogP contribution in [0.5, 0.6) is 0 Å². The molecular formula is C9H17NO4. The van der Waals surface area contributed by atoms with Crippen LogP contribution in [-0.2, 0) is 4.74 Å². The molecule has 2 N–H and O–H groups in total. The number of carbonyl (C=O) groups is 1. The van der Waals surface area contributed by atoms with Crippen LogP contribution in [0.15, 0.2) is 0 Å². The number of rotatable bonds is 0. The maximum absolute atomic E-state index is 11.5. The lowest BCUT2D eigenvalue weighted by Crippen LogP contribution is -2.67. The molecule has 0 spiro atoms. The second-order valence-electron chi connectivity index (χ2n) is 4.75. The summed E-state index contributed by atoms with van der Waals surface area (Å²) in [4.78, 5) is 12.4. The van der Waals surface area contributed by atoms with Crippen LogP contribution in [0, 0.1) is 0 Å². The largest absolute Gasteiger partial charge is 0.444 e. The van der Waals surface area contributed by atoms with Gasteiger partial charge in [-0.25, -0.2) is 4.79 Å². The molecule has 0 aromatic rings. The van der Waals surface area contributed by atoms with Crippen molar-refractivity contribution in [1.29, 1.82) is 0 Å². The van der Waals surface area contributed by atoms with E-state index in [1.807, 2.05) is 0 Å². The number of hydrogen-bond acceptors (Lipinski definition) is 4. The molecule has 1 aliphatic heterocycles. The Morgan fingerprint density at radius 3 is 2.36 bits per heavy atom. The van der Waals surface area contributed by atoms with E-state index in [1.165, 1.54) is 6.92 Å². The van der Waals surface area contributed by atoms with E-state index in [4.69, 9.17) is 4.74 Å². The summed E-state index contributed by atoms with van der Waals surface area (Å²) in [7, 11) is 0. The fourth-order valence-electron chi connectivity index (χ4n) is 1.37. The van der Waals surface area contributed by atoms with E-state index in [0.717, 1.165) is 4.90 Å². The Balaban J connectivity index is 2.62. The van der Waals surface area contributed by atoms with Gasteiger partial charge in [0.25, 0.3) is 0 Å². The van der Waals surface area contributed by atoms with E-state index >= 15 is 0 Å². The Morgan fingerprint density at radius 2 is 2.07 bits per heavy atom. The molecule has 1 rings (SSSR count). The quantitative estimate of drug-likeness (QED) is 0.606. The van der Waals surface area contributed by atoms with Crippen molar-refractivity contribution < 1.29 is 19.7 Å². The third-order valence-corrected chi connectivity index (χ3v) is 1.98. The van der Waals surface area contributed by atoms with Crippen molar-refractivity contribution in [3.05, 3.63) is 0 Å². The third-order valence-electron chi connectivity index (χ3n) is 1.98. The van der Waals surface area contributed by atoms with Crippen LogP contribution >= 0.6 is 0 Å². The van der Waals surface area contributed by atoms with Crippen LogP contribution in [-0.4, -0.2) is 38.8 Å². The molecule has 0 bridgehead atoms. The van der Waals surface area contributed by atoms with E-state index in [-0.39, 0.29) is 6.42 Å². The summed E-state index contributed by atoms with van der Waals surface area (Å²) >= 11 is 0. The zero-order valence-corrected chi connectivity index (χ0v) is 8.94. The van der Waals surface area contributed by atoms with Crippen LogP contribution in [0.3, 0.4) is 0 Å². The van der Waals surface area contributed by atoms with Crippen LogP contribution in [0.25, 0.3) is 0 Å². The molecule has 0 aromatic carbocycles. The molecule has 0 aromatic heterocycles. The predicted octanol–water partition coefficient (Wildman–Crippen LogP) is 0.654. The number of aliphatic hydroxyl groups excluding tert-OH is 1. The average molecular weight is 203 g/mol. The number of nitrogens with zero attached hydrogens (tertiary/aromatic N) is 1. The molecule has 1 aliphatic rings. The SMILES string of the molecule is CC(C)(C)OC(=O)N1C(O)CC1(C)O. The van der Waals surface area contributed by atoms with Gasteiger partial charge in [0.2, 0.25) is 0 Å². The van der Waals surface area contributed by atoms with Gasteiger partial charge in [-0.05, 0) is 27.7 Å². The highest BCUT2D eigenvalue weighted by molar-refractivity contribution is 5.70. The number of ether oxygens (including phenoxy) is 1. The minimum Gasteiger partial charge on any atom is -0.444 e. The van der Waals surface area contributed by atoms with E-state index in [2.05, 4.69) is 0 Å². The van der Waals surface area contributed by atoms with Crippen molar-refractivity contribution in [3.63, 3.8) is 0 Å². The van der Waals surface area contributed by atoms with Gasteiger partial charge in [-0.2, -0.15) is 0 Å². The molecule has 1 amide bonds. The van der Waals surface area contributed by atoms with Crippen LogP contribution < -0.4 is 0 Å². The summed E-state index contributed by atoms with van der Waals surface area (Å²) in [5.74, 6) is 0. The molecule has 82 valence electrons. The van der Waals surface area contributed by atoms with Crippen molar-refractivity contribution in [1.82, 2.24) is 4.90 Å². The van der Waals surface area contributed by atoms with Crippen LogP contribution in [0.2, 0.25) is 0 Å². The van der Waals surface area contributed by atoms with E-state index < -0.39 is 23.6 Å². The number of aliphatic hydroxyl groups is 2. The fourth-order valence-corrected chi connectivity index (χ4v) is 1.37. The van der Waals surface area contributed by atoms with E-state index in [9.17, 15) is 15.0 Å². The Labute approximate surface area is 83.3 Å². The molecule has 0 aliphatic carbocycles. The molecular weight excluding hydrogens is 186 g/mol. The van der Waals surface area contributed by atoms with Gasteiger partial charge in [0, 0.05) is 6.42 Å². The van der Waals surface area contributed by atoms with Gasteiger partial charge in [0.05, 0.1) is 0 Å². The van der Waals surface area contributed by atoms with Crippen LogP contribution in [0.4, 0.5) is 4.79 Å². The third kappa shape index (κ3) is 2.16. The summed E-state index contributed by atoms with van der Waals surface area (Å²) in [6.07, 6.45) is -1.48. The average Bonchev–Trinajstić information content (AvgIpc) is 1.77. The molecule has 2 atom stereocenters. The zero-order valence-electron chi connectivity index (χ0n) is 8.94. The predicted molar refractivity (Wildman–Crippen MR) is 49.3 cm³/mol. The van der Waals surface area contributed by atoms with Crippen molar-refractivity contribution >= 4 is 6.09 Å². The first-order chi connectivity index (χ1) is 6.13. The van der Waals surface area contributed by atoms with Gasteiger partial charge in [-0.1, -0.05) is 0 Å². The summed E-state index contributed by atoms with van der Waals surface area (Å²) in [5, 5.41) is 18.9.